The van der Waals surface area contributed by atoms with Crippen LogP contribution in [-0.4, -0.2) is 74.3 Å². The number of hydrogen-bond donors (Lipinski definition) is 2. The molecule has 0 bridgehead atoms. The fourth-order valence-electron chi connectivity index (χ4n) is 0.483. The van der Waals surface area contributed by atoms with E-state index in [0.29, 0.717) is 12.2 Å². The molecule has 7 nitrogen and oxygen atoms in total. The molecule has 0 amide bonds. The molecule has 4 atom stereocenters. The molecule has 0 aromatic rings. The molecule has 4 unspecified atom stereocenters. The van der Waals surface area contributed by atoms with Crippen LogP contribution in [0.5, 0.6) is 0 Å². The van der Waals surface area contributed by atoms with Crippen LogP contribution in [0.3, 0.4) is 0 Å². The van der Waals surface area contributed by atoms with E-state index in [2.05, 4.69) is 32.8 Å². The van der Waals surface area contributed by atoms with Crippen molar-refractivity contribution in [3.63, 3.8) is 0 Å². The SMILES string of the molecule is OCC1CO1.OCC1CO1.[CH2-]C1CO1.[CH2-]C1CO1.[O]=[Ti+2]. The number of aliphatic hydroxyl groups is 2. The molecule has 0 spiro atoms. The molecule has 0 aliphatic carbocycles. The molecule has 20 heavy (non-hydrogen) atoms. The Balaban J connectivity index is 0.000000232. The summed E-state index contributed by atoms with van der Waals surface area (Å²) in [5.41, 5.74) is 0. The summed E-state index contributed by atoms with van der Waals surface area (Å²) >= 11 is 0.750. The van der Waals surface area contributed by atoms with Crippen molar-refractivity contribution in [3.05, 3.63) is 13.8 Å². The van der Waals surface area contributed by atoms with E-state index in [0.717, 1.165) is 46.8 Å². The molecular weight excluding hydrogens is 304 g/mol. The number of rotatable bonds is 2. The summed E-state index contributed by atoms with van der Waals surface area (Å²) in [6, 6.07) is 0. The van der Waals surface area contributed by atoms with Crippen molar-refractivity contribution in [1.29, 1.82) is 0 Å². The van der Waals surface area contributed by atoms with Crippen LogP contribution in [0.15, 0.2) is 0 Å². The summed E-state index contributed by atoms with van der Waals surface area (Å²) < 4.78 is 26.7. The summed E-state index contributed by atoms with van der Waals surface area (Å²) in [6.45, 7) is 10.7. The van der Waals surface area contributed by atoms with Crippen molar-refractivity contribution in [2.75, 3.05) is 39.6 Å². The van der Waals surface area contributed by atoms with Crippen molar-refractivity contribution in [2.45, 2.75) is 24.4 Å². The van der Waals surface area contributed by atoms with Gasteiger partial charge in [-0.25, -0.2) is 0 Å². The van der Waals surface area contributed by atoms with Crippen molar-refractivity contribution in [3.8, 4) is 0 Å². The molecule has 4 fully saturated rings. The molecule has 4 aliphatic rings. The van der Waals surface area contributed by atoms with Gasteiger partial charge in [0.05, 0.1) is 26.4 Å². The average molecular weight is 326 g/mol. The normalized spacial score (nSPS) is 33.3. The Bertz CT molecular complexity index is 194. The monoisotopic (exact) mass is 326 g/mol. The first-order valence-electron chi connectivity index (χ1n) is 6.20. The maximum absolute atomic E-state index is 8.25. The second kappa shape index (κ2) is 13.0. The van der Waals surface area contributed by atoms with E-state index in [1.54, 1.807) is 0 Å². The van der Waals surface area contributed by atoms with Gasteiger partial charge in [-0.1, -0.05) is 0 Å². The van der Waals surface area contributed by atoms with E-state index in [-0.39, 0.29) is 25.4 Å². The zero-order valence-corrected chi connectivity index (χ0v) is 13.0. The molecule has 116 valence electrons. The summed E-state index contributed by atoms with van der Waals surface area (Å²) in [4.78, 5) is 0. The fraction of sp³-hybridized carbons (Fsp3) is 0.833. The molecule has 0 aromatic carbocycles. The quantitative estimate of drug-likeness (QED) is 0.383. The Labute approximate surface area is 131 Å². The van der Waals surface area contributed by atoms with E-state index >= 15 is 0 Å². The molecule has 4 heterocycles. The number of aliphatic hydroxyl groups excluding tert-OH is 2. The number of epoxide rings is 4. The molecule has 4 aliphatic heterocycles. The van der Waals surface area contributed by atoms with Crippen molar-refractivity contribution in [2.24, 2.45) is 0 Å². The summed E-state index contributed by atoms with van der Waals surface area (Å²) in [5.74, 6) is 0. The predicted molar refractivity (Wildman–Crippen MR) is 64.5 cm³/mol. The van der Waals surface area contributed by atoms with E-state index in [4.69, 9.17) is 13.5 Å². The van der Waals surface area contributed by atoms with Crippen LogP contribution in [0.4, 0.5) is 0 Å². The second-order valence-corrected chi connectivity index (χ2v) is 4.19. The predicted octanol–water partition coefficient (Wildman–Crippen LogP) is -0.928. The van der Waals surface area contributed by atoms with Crippen molar-refractivity contribution >= 4 is 0 Å². The van der Waals surface area contributed by atoms with E-state index in [1.165, 1.54) is 0 Å². The molecule has 0 saturated carbocycles. The van der Waals surface area contributed by atoms with Crippen LogP contribution in [0.2, 0.25) is 0 Å². The first kappa shape index (κ1) is 20.3. The standard InChI is InChI=1S/2C3H6O2.2C3H5O.O.Ti/c2*4-1-3-2-5-3;2*1-3-2-4-3;;/h2*3-4H,1-2H2;2*3H,1-2H2;;/q;;2*-1;;+2. The number of hydrogen-bond acceptors (Lipinski definition) is 7. The van der Waals surface area contributed by atoms with Gasteiger partial charge in [0.25, 0.3) is 0 Å². The Kier molecular flexibility index (Phi) is 13.2. The molecule has 2 N–H and O–H groups in total. The number of ether oxygens (including phenoxy) is 4. The first-order chi connectivity index (χ1) is 9.65. The van der Waals surface area contributed by atoms with E-state index in [1.807, 2.05) is 0 Å². The van der Waals surface area contributed by atoms with Crippen LogP contribution < -0.4 is 0 Å². The maximum atomic E-state index is 8.25. The topological polar surface area (TPSA) is 108 Å². The van der Waals surface area contributed by atoms with Gasteiger partial charge < -0.3 is 43.0 Å². The molecule has 0 radical (unpaired) electrons. The van der Waals surface area contributed by atoms with Crippen molar-refractivity contribution in [1.82, 2.24) is 0 Å². The van der Waals surface area contributed by atoms with Gasteiger partial charge in [0.1, 0.15) is 12.2 Å². The Morgan fingerprint density at radius 3 is 1.00 bits per heavy atom. The van der Waals surface area contributed by atoms with Gasteiger partial charge in [-0.3, -0.25) is 0 Å². The molecule has 0 aromatic heterocycles. The summed E-state index contributed by atoms with van der Waals surface area (Å²) in [6.07, 6.45) is 1.05. The minimum atomic E-state index is 0.190. The Morgan fingerprint density at radius 1 is 0.800 bits per heavy atom. The van der Waals surface area contributed by atoms with E-state index < -0.39 is 0 Å². The summed E-state index contributed by atoms with van der Waals surface area (Å²) in [7, 11) is 0. The third-order valence-corrected chi connectivity index (χ3v) is 2.02. The third kappa shape index (κ3) is 20.6. The molecule has 8 heteroatoms. The average Bonchev–Trinajstić information content (AvgIpc) is 3.29. The fourth-order valence-corrected chi connectivity index (χ4v) is 0.483. The van der Waals surface area contributed by atoms with Crippen molar-refractivity contribution < 1.29 is 52.9 Å². The van der Waals surface area contributed by atoms with Crippen LogP contribution >= 0.6 is 0 Å². The van der Waals surface area contributed by atoms with Crippen LogP contribution in [0, 0.1) is 13.8 Å². The minimum absolute atomic E-state index is 0.190. The van der Waals surface area contributed by atoms with Crippen LogP contribution in [0.1, 0.15) is 0 Å². The van der Waals surface area contributed by atoms with Gasteiger partial charge >= 0.3 is 23.7 Å². The van der Waals surface area contributed by atoms with Gasteiger partial charge in [0.15, 0.2) is 0 Å². The zero-order chi connectivity index (χ0) is 15.4. The Hall–Kier alpha value is 0.274. The van der Waals surface area contributed by atoms with Gasteiger partial charge in [0.2, 0.25) is 0 Å². The molecule has 4 saturated heterocycles. The van der Waals surface area contributed by atoms with Gasteiger partial charge in [-0.2, -0.15) is 0 Å². The zero-order valence-electron chi connectivity index (χ0n) is 11.4. The van der Waals surface area contributed by atoms with Crippen LogP contribution in [0.25, 0.3) is 0 Å². The van der Waals surface area contributed by atoms with Crippen LogP contribution in [-0.2, 0) is 42.7 Å². The third-order valence-electron chi connectivity index (χ3n) is 2.02. The van der Waals surface area contributed by atoms with Gasteiger partial charge in [-0.15, -0.1) is 0 Å². The molecule has 4 rings (SSSR count). The Morgan fingerprint density at radius 2 is 1.00 bits per heavy atom. The first-order valence-corrected chi connectivity index (χ1v) is 6.84. The van der Waals surface area contributed by atoms with E-state index in [9.17, 15) is 0 Å². The van der Waals surface area contributed by atoms with Gasteiger partial charge in [0, 0.05) is 13.2 Å². The second-order valence-electron chi connectivity index (χ2n) is 4.19. The molecular formula is C12H22O7Ti. The van der Waals surface area contributed by atoms with Gasteiger partial charge in [-0.05, 0) is 12.2 Å². The summed E-state index contributed by atoms with van der Waals surface area (Å²) in [5, 5.41) is 16.2.